The van der Waals surface area contributed by atoms with Crippen molar-refractivity contribution in [1.29, 1.82) is 0 Å². The Hall–Kier alpha value is -1.72. The summed E-state index contributed by atoms with van der Waals surface area (Å²) in [5.41, 5.74) is 8.18. The van der Waals surface area contributed by atoms with E-state index in [1.165, 1.54) is 0 Å². The van der Waals surface area contributed by atoms with Crippen LogP contribution in [-0.2, 0) is 22.7 Å². The number of aliphatic hydroxyl groups is 1. The Labute approximate surface area is 137 Å². The molecule has 0 aromatic heterocycles. The number of rotatable bonds is 10. The fourth-order valence-corrected chi connectivity index (χ4v) is 2.17. The number of hydrogen-bond acceptors (Lipinski definition) is 4. The lowest BCUT2D eigenvalue weighted by Crippen LogP contribution is -2.38. The smallest absolute Gasteiger partial charge is 0.0925 e. The average Bonchev–Trinajstić information content (AvgIpc) is 2.60. The zero-order chi connectivity index (χ0) is 16.3. The van der Waals surface area contributed by atoms with Crippen molar-refractivity contribution in [2.24, 2.45) is 5.73 Å². The van der Waals surface area contributed by atoms with Crippen LogP contribution in [0.5, 0.6) is 0 Å². The van der Waals surface area contributed by atoms with Crippen molar-refractivity contribution >= 4 is 0 Å². The largest absolute Gasteiger partial charge is 0.389 e. The zero-order valence-electron chi connectivity index (χ0n) is 13.3. The van der Waals surface area contributed by atoms with Crippen molar-refractivity contribution in [2.45, 2.75) is 31.8 Å². The fourth-order valence-electron chi connectivity index (χ4n) is 2.17. The van der Waals surface area contributed by atoms with Crippen LogP contribution in [0.3, 0.4) is 0 Å². The van der Waals surface area contributed by atoms with Gasteiger partial charge in [0, 0.05) is 12.6 Å². The number of hydrogen-bond donors (Lipinski definition) is 2. The van der Waals surface area contributed by atoms with E-state index in [2.05, 4.69) is 0 Å². The van der Waals surface area contributed by atoms with E-state index in [1.807, 2.05) is 60.7 Å². The Morgan fingerprint density at radius 3 is 1.91 bits per heavy atom. The van der Waals surface area contributed by atoms with E-state index in [-0.39, 0.29) is 12.6 Å². The highest BCUT2D eigenvalue weighted by Gasteiger charge is 2.14. The Morgan fingerprint density at radius 1 is 0.826 bits per heavy atom. The number of nitrogens with two attached hydrogens (primary N) is 1. The van der Waals surface area contributed by atoms with E-state index in [0.717, 1.165) is 11.1 Å². The Balaban J connectivity index is 1.56. The van der Waals surface area contributed by atoms with E-state index < -0.39 is 6.10 Å². The lowest BCUT2D eigenvalue weighted by atomic mass is 10.1. The number of ether oxygens (including phenoxy) is 2. The van der Waals surface area contributed by atoms with E-state index in [4.69, 9.17) is 15.2 Å². The molecule has 0 heterocycles. The Kier molecular flexibility index (Phi) is 7.77. The molecule has 3 N–H and O–H groups in total. The molecule has 0 spiro atoms. The van der Waals surface area contributed by atoms with Gasteiger partial charge in [0.25, 0.3) is 0 Å². The third-order valence-corrected chi connectivity index (χ3v) is 3.60. The third kappa shape index (κ3) is 6.93. The molecule has 2 unspecified atom stereocenters. The van der Waals surface area contributed by atoms with Crippen molar-refractivity contribution in [3.05, 3.63) is 71.8 Å². The molecule has 0 aliphatic carbocycles. The monoisotopic (exact) mass is 315 g/mol. The van der Waals surface area contributed by atoms with Crippen LogP contribution < -0.4 is 5.73 Å². The van der Waals surface area contributed by atoms with Crippen LogP contribution >= 0.6 is 0 Å². The molecule has 4 heteroatoms. The summed E-state index contributed by atoms with van der Waals surface area (Å²) in [7, 11) is 0. The summed E-state index contributed by atoms with van der Waals surface area (Å²) in [6, 6.07) is 19.5. The van der Waals surface area contributed by atoms with Gasteiger partial charge in [-0.25, -0.2) is 0 Å². The van der Waals surface area contributed by atoms with Crippen LogP contribution in [0.4, 0.5) is 0 Å². The maximum absolute atomic E-state index is 10.0. The van der Waals surface area contributed by atoms with Gasteiger partial charge in [0.2, 0.25) is 0 Å². The summed E-state index contributed by atoms with van der Waals surface area (Å²) in [6.07, 6.45) is -0.0815. The summed E-state index contributed by atoms with van der Waals surface area (Å²) in [4.78, 5) is 0. The highest BCUT2D eigenvalue weighted by atomic mass is 16.5. The number of aliphatic hydroxyl groups excluding tert-OH is 1. The van der Waals surface area contributed by atoms with Gasteiger partial charge in [-0.3, -0.25) is 0 Å². The summed E-state index contributed by atoms with van der Waals surface area (Å²) in [5, 5.41) is 10.0. The molecular weight excluding hydrogens is 290 g/mol. The van der Waals surface area contributed by atoms with E-state index in [0.29, 0.717) is 26.2 Å². The van der Waals surface area contributed by atoms with Crippen molar-refractivity contribution in [1.82, 2.24) is 0 Å². The molecule has 0 bridgehead atoms. The summed E-state index contributed by atoms with van der Waals surface area (Å²) < 4.78 is 11.1. The Morgan fingerprint density at radius 2 is 1.35 bits per heavy atom. The predicted octanol–water partition coefficient (Wildman–Crippen LogP) is 2.50. The molecule has 2 aromatic rings. The molecule has 4 nitrogen and oxygen atoms in total. The molecule has 0 amide bonds. The van der Waals surface area contributed by atoms with Gasteiger partial charge < -0.3 is 20.3 Å². The highest BCUT2D eigenvalue weighted by Crippen LogP contribution is 2.05. The summed E-state index contributed by atoms with van der Waals surface area (Å²) in [6.45, 7) is 1.80. The van der Waals surface area contributed by atoms with E-state index in [1.54, 1.807) is 0 Å². The van der Waals surface area contributed by atoms with Crippen LogP contribution in [0.15, 0.2) is 60.7 Å². The maximum Gasteiger partial charge on any atom is 0.0925 e. The van der Waals surface area contributed by atoms with Crippen molar-refractivity contribution in [3.63, 3.8) is 0 Å². The minimum atomic E-state index is -0.681. The van der Waals surface area contributed by atoms with Gasteiger partial charge in [0.05, 0.1) is 25.9 Å². The lowest BCUT2D eigenvalue weighted by Gasteiger charge is -2.19. The van der Waals surface area contributed by atoms with Gasteiger partial charge in [-0.15, -0.1) is 0 Å². The molecule has 0 aliphatic rings. The first-order valence-electron chi connectivity index (χ1n) is 7.92. The summed E-state index contributed by atoms with van der Waals surface area (Å²) >= 11 is 0. The normalized spacial score (nSPS) is 13.7. The standard InChI is InChI=1S/C19H25NO3/c20-18(11-12-22-13-16-7-3-1-4-8-16)19(21)15-23-14-17-9-5-2-6-10-17/h1-10,18-19,21H,11-15,20H2. The average molecular weight is 315 g/mol. The molecule has 2 rings (SSSR count). The molecule has 2 atom stereocenters. The molecule has 2 aromatic carbocycles. The molecule has 0 saturated carbocycles. The second-order valence-electron chi connectivity index (χ2n) is 5.56. The van der Waals surface area contributed by atoms with E-state index in [9.17, 15) is 5.11 Å². The SMILES string of the molecule is NC(CCOCc1ccccc1)C(O)COCc1ccccc1. The van der Waals surface area contributed by atoms with Crippen LogP contribution in [0.1, 0.15) is 17.5 Å². The maximum atomic E-state index is 10.0. The minimum Gasteiger partial charge on any atom is -0.389 e. The first kappa shape index (κ1) is 17.6. The lowest BCUT2D eigenvalue weighted by molar-refractivity contribution is 0.00789. The quantitative estimate of drug-likeness (QED) is 0.661. The Bertz CT molecular complexity index is 533. The van der Waals surface area contributed by atoms with Crippen LogP contribution in [0, 0.1) is 0 Å². The van der Waals surface area contributed by atoms with Crippen LogP contribution in [0.2, 0.25) is 0 Å². The molecule has 0 aliphatic heterocycles. The van der Waals surface area contributed by atoms with Crippen molar-refractivity contribution in [3.8, 4) is 0 Å². The topological polar surface area (TPSA) is 64.7 Å². The first-order chi connectivity index (χ1) is 11.3. The molecular formula is C19H25NO3. The van der Waals surface area contributed by atoms with Gasteiger partial charge in [-0.1, -0.05) is 60.7 Å². The fraction of sp³-hybridized carbons (Fsp3) is 0.368. The second kappa shape index (κ2) is 10.1. The van der Waals surface area contributed by atoms with Crippen molar-refractivity contribution in [2.75, 3.05) is 13.2 Å². The second-order valence-corrected chi connectivity index (χ2v) is 5.56. The number of benzene rings is 2. The third-order valence-electron chi connectivity index (χ3n) is 3.60. The van der Waals surface area contributed by atoms with Gasteiger partial charge in [0.15, 0.2) is 0 Å². The van der Waals surface area contributed by atoms with Gasteiger partial charge in [0.1, 0.15) is 0 Å². The predicted molar refractivity (Wildman–Crippen MR) is 90.8 cm³/mol. The van der Waals surface area contributed by atoms with Crippen LogP contribution in [0.25, 0.3) is 0 Å². The van der Waals surface area contributed by atoms with Gasteiger partial charge in [-0.05, 0) is 17.5 Å². The van der Waals surface area contributed by atoms with Gasteiger partial charge in [-0.2, -0.15) is 0 Å². The van der Waals surface area contributed by atoms with Crippen molar-refractivity contribution < 1.29 is 14.6 Å². The van der Waals surface area contributed by atoms with Gasteiger partial charge >= 0.3 is 0 Å². The molecule has 0 saturated heterocycles. The van der Waals surface area contributed by atoms with E-state index >= 15 is 0 Å². The van der Waals surface area contributed by atoms with Crippen LogP contribution in [-0.4, -0.2) is 30.5 Å². The molecule has 0 fully saturated rings. The minimum absolute atomic E-state index is 0.231. The summed E-state index contributed by atoms with van der Waals surface area (Å²) in [5.74, 6) is 0. The zero-order valence-corrected chi connectivity index (χ0v) is 13.3. The highest BCUT2D eigenvalue weighted by molar-refractivity contribution is 5.14. The first-order valence-corrected chi connectivity index (χ1v) is 7.92. The molecule has 124 valence electrons. The molecule has 23 heavy (non-hydrogen) atoms. The molecule has 0 radical (unpaired) electrons.